The molecule has 4 nitrogen and oxygen atoms in total. The molecule has 1 aromatic rings. The van der Waals surface area contributed by atoms with Crippen LogP contribution in [0.15, 0.2) is 6.07 Å². The maximum atomic E-state index is 8.48. The van der Waals surface area contributed by atoms with Gasteiger partial charge in [0.15, 0.2) is 0 Å². The first-order valence-corrected chi connectivity index (χ1v) is 3.79. The van der Waals surface area contributed by atoms with E-state index in [0.29, 0.717) is 6.54 Å². The van der Waals surface area contributed by atoms with E-state index in [1.807, 2.05) is 26.0 Å². The van der Waals surface area contributed by atoms with Gasteiger partial charge in [-0.3, -0.25) is 4.68 Å². The average molecular weight is 164 g/mol. The highest BCUT2D eigenvalue weighted by molar-refractivity contribution is 5.07. The third-order valence-electron chi connectivity index (χ3n) is 1.64. The highest BCUT2D eigenvalue weighted by Gasteiger charge is 2.05. The summed E-state index contributed by atoms with van der Waals surface area (Å²) < 4.78 is 1.75. The van der Waals surface area contributed by atoms with Crippen LogP contribution >= 0.6 is 0 Å². The molecule has 4 heteroatoms. The molecular weight excluding hydrogens is 152 g/mol. The van der Waals surface area contributed by atoms with Gasteiger partial charge < -0.3 is 5.73 Å². The summed E-state index contributed by atoms with van der Waals surface area (Å²) in [6, 6.07) is 3.46. The lowest BCUT2D eigenvalue weighted by atomic mass is 10.3. The third kappa shape index (κ3) is 1.83. The fourth-order valence-corrected chi connectivity index (χ4v) is 1.09. The highest BCUT2D eigenvalue weighted by Crippen LogP contribution is 2.01. The number of nitriles is 1. The molecule has 0 radical (unpaired) electrons. The quantitative estimate of drug-likeness (QED) is 0.685. The standard InChI is InChI=1S/C8H12N4/c1-6-3-7(2)12(11-6)5-8(10)4-9/h3,8H,5,10H2,1-2H3. The van der Waals surface area contributed by atoms with Crippen molar-refractivity contribution >= 4 is 0 Å². The van der Waals surface area contributed by atoms with Crippen molar-refractivity contribution in [3.8, 4) is 6.07 Å². The molecule has 0 amide bonds. The normalized spacial score (nSPS) is 12.5. The molecule has 1 aromatic heterocycles. The zero-order valence-electron chi connectivity index (χ0n) is 7.28. The van der Waals surface area contributed by atoms with Crippen LogP contribution in [0.4, 0.5) is 0 Å². The van der Waals surface area contributed by atoms with Crippen LogP contribution < -0.4 is 5.73 Å². The van der Waals surface area contributed by atoms with Crippen LogP contribution in [-0.4, -0.2) is 15.8 Å². The first-order chi connectivity index (χ1) is 5.63. The molecule has 0 aliphatic carbocycles. The van der Waals surface area contributed by atoms with E-state index in [9.17, 15) is 0 Å². The van der Waals surface area contributed by atoms with Crippen molar-refractivity contribution in [3.63, 3.8) is 0 Å². The zero-order chi connectivity index (χ0) is 9.14. The minimum absolute atomic E-state index is 0.468. The van der Waals surface area contributed by atoms with Gasteiger partial charge in [0, 0.05) is 5.69 Å². The summed E-state index contributed by atoms with van der Waals surface area (Å²) in [5, 5.41) is 12.7. The average Bonchev–Trinajstić information content (AvgIpc) is 2.30. The van der Waals surface area contributed by atoms with Crippen molar-refractivity contribution in [3.05, 3.63) is 17.5 Å². The number of aromatic nitrogens is 2. The Morgan fingerprint density at radius 3 is 2.83 bits per heavy atom. The number of hydrogen-bond donors (Lipinski definition) is 1. The molecule has 2 N–H and O–H groups in total. The van der Waals surface area contributed by atoms with Crippen molar-refractivity contribution in [2.75, 3.05) is 0 Å². The Morgan fingerprint density at radius 2 is 2.42 bits per heavy atom. The summed E-state index contributed by atoms with van der Waals surface area (Å²) in [7, 11) is 0. The van der Waals surface area contributed by atoms with Gasteiger partial charge in [0.05, 0.1) is 18.3 Å². The summed E-state index contributed by atoms with van der Waals surface area (Å²) >= 11 is 0. The second-order valence-electron chi connectivity index (χ2n) is 2.84. The fraction of sp³-hybridized carbons (Fsp3) is 0.500. The van der Waals surface area contributed by atoms with Crippen molar-refractivity contribution in [1.29, 1.82) is 5.26 Å². The van der Waals surface area contributed by atoms with E-state index >= 15 is 0 Å². The van der Waals surface area contributed by atoms with E-state index < -0.39 is 6.04 Å². The second kappa shape index (κ2) is 3.37. The Kier molecular flexibility index (Phi) is 2.46. The Balaban J connectivity index is 2.76. The Bertz CT molecular complexity index is 307. The number of hydrogen-bond acceptors (Lipinski definition) is 3. The minimum atomic E-state index is -0.469. The van der Waals surface area contributed by atoms with Crippen molar-refractivity contribution in [2.24, 2.45) is 5.73 Å². The molecule has 0 saturated heterocycles. The van der Waals surface area contributed by atoms with Gasteiger partial charge >= 0.3 is 0 Å². The lowest BCUT2D eigenvalue weighted by Crippen LogP contribution is -2.25. The van der Waals surface area contributed by atoms with Gasteiger partial charge in [0.2, 0.25) is 0 Å². The third-order valence-corrected chi connectivity index (χ3v) is 1.64. The van der Waals surface area contributed by atoms with Gasteiger partial charge in [-0.05, 0) is 19.9 Å². The fourth-order valence-electron chi connectivity index (χ4n) is 1.09. The van der Waals surface area contributed by atoms with Crippen LogP contribution in [0.25, 0.3) is 0 Å². The molecule has 0 bridgehead atoms. The summed E-state index contributed by atoms with van der Waals surface area (Å²) in [6.45, 7) is 4.33. The predicted molar refractivity (Wildman–Crippen MR) is 45.3 cm³/mol. The lowest BCUT2D eigenvalue weighted by Gasteiger charge is -2.04. The maximum Gasteiger partial charge on any atom is 0.113 e. The predicted octanol–water partition coefficient (Wildman–Crippen LogP) is 0.351. The molecule has 1 rings (SSSR count). The molecule has 0 aliphatic heterocycles. The van der Waals surface area contributed by atoms with E-state index in [1.54, 1.807) is 4.68 Å². The second-order valence-corrected chi connectivity index (χ2v) is 2.84. The number of aryl methyl sites for hydroxylation is 2. The number of nitrogens with zero attached hydrogens (tertiary/aromatic N) is 3. The Labute approximate surface area is 71.6 Å². The minimum Gasteiger partial charge on any atom is -0.314 e. The monoisotopic (exact) mass is 164 g/mol. The largest absolute Gasteiger partial charge is 0.314 e. The summed E-state index contributed by atoms with van der Waals surface area (Å²) in [5.74, 6) is 0. The molecule has 0 aromatic carbocycles. The molecular formula is C8H12N4. The van der Waals surface area contributed by atoms with Crippen LogP contribution in [0.3, 0.4) is 0 Å². The smallest absolute Gasteiger partial charge is 0.113 e. The molecule has 12 heavy (non-hydrogen) atoms. The topological polar surface area (TPSA) is 67.6 Å². The highest BCUT2D eigenvalue weighted by atomic mass is 15.3. The molecule has 0 saturated carbocycles. The summed E-state index contributed by atoms with van der Waals surface area (Å²) in [5.41, 5.74) is 7.46. The summed E-state index contributed by atoms with van der Waals surface area (Å²) in [6.07, 6.45) is 0. The first kappa shape index (κ1) is 8.75. The van der Waals surface area contributed by atoms with E-state index in [0.717, 1.165) is 11.4 Å². The first-order valence-electron chi connectivity index (χ1n) is 3.79. The van der Waals surface area contributed by atoms with Crippen LogP contribution in [0, 0.1) is 25.2 Å². The molecule has 0 aliphatic rings. The van der Waals surface area contributed by atoms with Gasteiger partial charge in [-0.25, -0.2) is 0 Å². The van der Waals surface area contributed by atoms with Crippen LogP contribution in [0.2, 0.25) is 0 Å². The van der Waals surface area contributed by atoms with Crippen molar-refractivity contribution < 1.29 is 0 Å². The van der Waals surface area contributed by atoms with Gasteiger partial charge in [-0.2, -0.15) is 10.4 Å². The van der Waals surface area contributed by atoms with Crippen LogP contribution in [0.1, 0.15) is 11.4 Å². The zero-order valence-corrected chi connectivity index (χ0v) is 7.28. The molecule has 1 atom stereocenters. The summed E-state index contributed by atoms with van der Waals surface area (Å²) in [4.78, 5) is 0. The number of nitrogens with two attached hydrogens (primary N) is 1. The van der Waals surface area contributed by atoms with Crippen LogP contribution in [-0.2, 0) is 6.54 Å². The van der Waals surface area contributed by atoms with Crippen LogP contribution in [0.5, 0.6) is 0 Å². The van der Waals surface area contributed by atoms with Gasteiger partial charge in [-0.15, -0.1) is 0 Å². The molecule has 64 valence electrons. The van der Waals surface area contributed by atoms with Gasteiger partial charge in [0.1, 0.15) is 6.04 Å². The van der Waals surface area contributed by atoms with E-state index in [1.165, 1.54) is 0 Å². The van der Waals surface area contributed by atoms with E-state index in [4.69, 9.17) is 11.0 Å². The lowest BCUT2D eigenvalue weighted by molar-refractivity contribution is 0.558. The Morgan fingerprint density at radius 1 is 1.75 bits per heavy atom. The molecule has 1 heterocycles. The van der Waals surface area contributed by atoms with Crippen molar-refractivity contribution in [1.82, 2.24) is 9.78 Å². The molecule has 1 unspecified atom stereocenters. The van der Waals surface area contributed by atoms with Crippen molar-refractivity contribution in [2.45, 2.75) is 26.4 Å². The van der Waals surface area contributed by atoms with E-state index in [2.05, 4.69) is 5.10 Å². The Hall–Kier alpha value is -1.34. The van der Waals surface area contributed by atoms with Gasteiger partial charge in [0.25, 0.3) is 0 Å². The SMILES string of the molecule is Cc1cc(C)n(CC(N)C#N)n1. The molecule has 0 fully saturated rings. The number of rotatable bonds is 2. The van der Waals surface area contributed by atoms with E-state index in [-0.39, 0.29) is 0 Å². The van der Waals surface area contributed by atoms with Gasteiger partial charge in [-0.1, -0.05) is 0 Å². The maximum absolute atomic E-state index is 8.48. The molecule has 0 spiro atoms.